The molecule has 0 aromatic heterocycles. The lowest BCUT2D eigenvalue weighted by molar-refractivity contribution is 1.45. The van der Waals surface area contributed by atoms with Crippen LogP contribution in [0.2, 0.25) is 0 Å². The lowest BCUT2D eigenvalue weighted by atomic mass is 9.90. The van der Waals surface area contributed by atoms with Gasteiger partial charge in [-0.3, -0.25) is 0 Å². The summed E-state index contributed by atoms with van der Waals surface area (Å²) >= 11 is 0. The first-order valence-electron chi connectivity index (χ1n) is 8.96. The molecule has 3 aromatic rings. The van der Waals surface area contributed by atoms with Crippen LogP contribution in [0.5, 0.6) is 0 Å². The maximum atomic E-state index is 3.84. The summed E-state index contributed by atoms with van der Waals surface area (Å²) in [4.78, 5) is 0. The maximum absolute atomic E-state index is 3.84. The highest BCUT2D eigenvalue weighted by molar-refractivity contribution is 5.87. The van der Waals surface area contributed by atoms with Gasteiger partial charge >= 0.3 is 0 Å². The summed E-state index contributed by atoms with van der Waals surface area (Å²) in [6.07, 6.45) is 8.07. The van der Waals surface area contributed by atoms with E-state index in [4.69, 9.17) is 0 Å². The molecule has 0 saturated heterocycles. The van der Waals surface area contributed by atoms with Crippen LogP contribution >= 0.6 is 0 Å². The second-order valence-electron chi connectivity index (χ2n) is 6.30. The van der Waals surface area contributed by atoms with E-state index in [-0.39, 0.29) is 0 Å². The highest BCUT2D eigenvalue weighted by atomic mass is 14.1. The molecule has 0 atom stereocenters. The van der Waals surface area contributed by atoms with Gasteiger partial charge in [-0.1, -0.05) is 97.6 Å². The average molecular weight is 336 g/mol. The van der Waals surface area contributed by atoms with Crippen molar-refractivity contribution in [1.29, 1.82) is 0 Å². The molecule has 3 rings (SSSR count). The molecule has 0 aliphatic heterocycles. The molecule has 0 spiro atoms. The van der Waals surface area contributed by atoms with Crippen LogP contribution in [0.25, 0.3) is 27.8 Å². The van der Waals surface area contributed by atoms with Crippen LogP contribution in [-0.4, -0.2) is 0 Å². The first kappa shape index (κ1) is 17.7. The molecule has 3 aromatic carbocycles. The van der Waals surface area contributed by atoms with Crippen LogP contribution in [0.1, 0.15) is 18.1 Å². The topological polar surface area (TPSA) is 0 Å². The molecule has 26 heavy (non-hydrogen) atoms. The number of benzene rings is 3. The summed E-state index contributed by atoms with van der Waals surface area (Å²) in [5.41, 5.74) is 8.68. The molecule has 0 aliphatic rings. The van der Waals surface area contributed by atoms with Crippen molar-refractivity contribution in [2.24, 2.45) is 0 Å². The Hall–Kier alpha value is -3.12. The van der Waals surface area contributed by atoms with Gasteiger partial charge in [0.05, 0.1) is 0 Å². The van der Waals surface area contributed by atoms with Crippen LogP contribution in [-0.2, 0) is 0 Å². The molecule has 0 N–H and O–H groups in total. The van der Waals surface area contributed by atoms with Crippen LogP contribution in [0.3, 0.4) is 0 Å². The van der Waals surface area contributed by atoms with E-state index in [2.05, 4.69) is 98.5 Å². The van der Waals surface area contributed by atoms with E-state index in [1.54, 1.807) is 0 Å². The third-order valence-electron chi connectivity index (χ3n) is 4.49. The number of hydrogen-bond acceptors (Lipinski definition) is 0. The molecule has 0 heteroatoms. The fourth-order valence-corrected chi connectivity index (χ4v) is 3.32. The Balaban J connectivity index is 2.17. The Labute approximate surface area is 156 Å². The fourth-order valence-electron chi connectivity index (χ4n) is 3.32. The molecule has 0 nitrogen and oxygen atoms in total. The average Bonchev–Trinajstić information content (AvgIpc) is 2.68. The number of allylic oxidation sites excluding steroid dienone is 5. The van der Waals surface area contributed by atoms with Gasteiger partial charge in [0.25, 0.3) is 0 Å². The third kappa shape index (κ3) is 3.75. The molecule has 0 aliphatic carbocycles. The summed E-state index contributed by atoms with van der Waals surface area (Å²) in [7, 11) is 0. The minimum atomic E-state index is 1.17. The summed E-state index contributed by atoms with van der Waals surface area (Å²) in [6.45, 7) is 8.06. The highest BCUT2D eigenvalue weighted by Gasteiger charge is 2.10. The highest BCUT2D eigenvalue weighted by Crippen LogP contribution is 2.35. The maximum Gasteiger partial charge on any atom is -0.00761 e. The summed E-state index contributed by atoms with van der Waals surface area (Å²) in [6, 6.07) is 25.9. The SMILES string of the molecule is C=C/C=C(\C=C/C)c1cccc(-c2cccc(C)c2-c2ccccc2)c1. The zero-order chi connectivity index (χ0) is 18.4. The monoisotopic (exact) mass is 336 g/mol. The van der Waals surface area contributed by atoms with E-state index in [1.807, 2.05) is 19.1 Å². The van der Waals surface area contributed by atoms with Crippen LogP contribution in [0.15, 0.2) is 104 Å². The molecule has 0 fully saturated rings. The number of rotatable bonds is 5. The normalized spacial score (nSPS) is 11.7. The molecule has 0 saturated carbocycles. The predicted octanol–water partition coefficient (Wildman–Crippen LogP) is 7.47. The van der Waals surface area contributed by atoms with Gasteiger partial charge in [0.1, 0.15) is 0 Å². The predicted molar refractivity (Wildman–Crippen MR) is 115 cm³/mol. The molecule has 0 heterocycles. The first-order chi connectivity index (χ1) is 12.7. The lowest BCUT2D eigenvalue weighted by Crippen LogP contribution is -1.90. The van der Waals surface area contributed by atoms with Gasteiger partial charge in [0.2, 0.25) is 0 Å². The van der Waals surface area contributed by atoms with Gasteiger partial charge in [-0.2, -0.15) is 0 Å². The first-order valence-corrected chi connectivity index (χ1v) is 8.96. The molecule has 0 bridgehead atoms. The Kier molecular flexibility index (Phi) is 5.66. The Morgan fingerprint density at radius 3 is 2.31 bits per heavy atom. The lowest BCUT2D eigenvalue weighted by Gasteiger charge is -2.14. The minimum Gasteiger partial charge on any atom is -0.0990 e. The van der Waals surface area contributed by atoms with Crippen LogP contribution in [0.4, 0.5) is 0 Å². The molecule has 0 unspecified atom stereocenters. The fraction of sp³-hybridized carbons (Fsp3) is 0.0769. The van der Waals surface area contributed by atoms with Crippen molar-refractivity contribution in [3.63, 3.8) is 0 Å². The van der Waals surface area contributed by atoms with Crippen molar-refractivity contribution >= 4 is 5.57 Å². The Morgan fingerprint density at radius 1 is 0.846 bits per heavy atom. The van der Waals surface area contributed by atoms with Crippen molar-refractivity contribution in [2.75, 3.05) is 0 Å². The summed E-state index contributed by atoms with van der Waals surface area (Å²) < 4.78 is 0. The quantitative estimate of drug-likeness (QED) is 0.424. The van der Waals surface area contributed by atoms with Gasteiger partial charge in [-0.25, -0.2) is 0 Å². The van der Waals surface area contributed by atoms with Gasteiger partial charge in [0, 0.05) is 0 Å². The van der Waals surface area contributed by atoms with Crippen molar-refractivity contribution in [1.82, 2.24) is 0 Å². The van der Waals surface area contributed by atoms with Gasteiger partial charge < -0.3 is 0 Å². The van der Waals surface area contributed by atoms with Crippen LogP contribution in [0, 0.1) is 6.92 Å². The van der Waals surface area contributed by atoms with Crippen molar-refractivity contribution in [3.05, 3.63) is 115 Å². The second kappa shape index (κ2) is 8.31. The van der Waals surface area contributed by atoms with E-state index in [9.17, 15) is 0 Å². The van der Waals surface area contributed by atoms with E-state index in [1.165, 1.54) is 39.0 Å². The van der Waals surface area contributed by atoms with E-state index >= 15 is 0 Å². The van der Waals surface area contributed by atoms with Crippen molar-refractivity contribution < 1.29 is 0 Å². The van der Waals surface area contributed by atoms with Crippen molar-refractivity contribution in [3.8, 4) is 22.3 Å². The number of hydrogen-bond donors (Lipinski definition) is 0. The largest absolute Gasteiger partial charge is 0.0990 e. The van der Waals surface area contributed by atoms with Crippen LogP contribution < -0.4 is 0 Å². The zero-order valence-corrected chi connectivity index (χ0v) is 15.4. The van der Waals surface area contributed by atoms with E-state index in [0.29, 0.717) is 0 Å². The molecule has 128 valence electrons. The third-order valence-corrected chi connectivity index (χ3v) is 4.49. The van der Waals surface area contributed by atoms with Crippen molar-refractivity contribution in [2.45, 2.75) is 13.8 Å². The minimum absolute atomic E-state index is 1.17. The van der Waals surface area contributed by atoms with Gasteiger partial charge in [-0.05, 0) is 58.9 Å². The molecular formula is C26H24. The molecule has 0 radical (unpaired) electrons. The molecular weight excluding hydrogens is 312 g/mol. The standard InChI is InChI=1S/C26H24/c1-4-11-21(12-5-2)23-16-10-17-24(19-23)25-18-9-13-20(3)26(25)22-14-7-6-8-15-22/h4-19H,1H2,2-3H3/b12-5-,21-11+. The van der Waals surface area contributed by atoms with Gasteiger partial charge in [0.15, 0.2) is 0 Å². The zero-order valence-electron chi connectivity index (χ0n) is 15.4. The van der Waals surface area contributed by atoms with E-state index < -0.39 is 0 Å². The molecule has 0 amide bonds. The Morgan fingerprint density at radius 2 is 1.58 bits per heavy atom. The van der Waals surface area contributed by atoms with E-state index in [0.717, 1.165) is 0 Å². The Bertz CT molecular complexity index is 956. The smallest absolute Gasteiger partial charge is 0.00761 e. The summed E-state index contributed by atoms with van der Waals surface area (Å²) in [5, 5.41) is 0. The second-order valence-corrected chi connectivity index (χ2v) is 6.30. The van der Waals surface area contributed by atoms with Gasteiger partial charge in [-0.15, -0.1) is 0 Å². The summed E-state index contributed by atoms with van der Waals surface area (Å²) in [5.74, 6) is 0. The number of aryl methyl sites for hydroxylation is 1.